The number of ether oxygens (including phenoxy) is 1. The highest BCUT2D eigenvalue weighted by atomic mass is 35.5. The second-order valence-corrected chi connectivity index (χ2v) is 10.0. The summed E-state index contributed by atoms with van der Waals surface area (Å²) in [6, 6.07) is 11.1. The molecule has 1 saturated heterocycles. The first-order valence-corrected chi connectivity index (χ1v) is 12.0. The van der Waals surface area contributed by atoms with Crippen molar-refractivity contribution in [2.75, 3.05) is 25.5 Å². The summed E-state index contributed by atoms with van der Waals surface area (Å²) in [7, 11) is -2.23. The smallest absolute Gasteiger partial charge is 0.337 e. The Kier molecular flexibility index (Phi) is 7.59. The Labute approximate surface area is 191 Å². The van der Waals surface area contributed by atoms with Crippen molar-refractivity contribution >= 4 is 50.8 Å². The van der Waals surface area contributed by atoms with E-state index in [0.717, 1.165) is 0 Å². The van der Waals surface area contributed by atoms with Crippen LogP contribution < -0.4 is 5.32 Å². The van der Waals surface area contributed by atoms with E-state index in [1.54, 1.807) is 42.5 Å². The number of nitrogens with one attached hydrogen (secondary N) is 1. The lowest BCUT2D eigenvalue weighted by molar-refractivity contribution is -0.120. The number of nitrogens with zero attached hydrogens (tertiary/aromatic N) is 1. The third kappa shape index (κ3) is 5.98. The number of rotatable bonds is 6. The molecule has 1 amide bonds. The van der Waals surface area contributed by atoms with Crippen LogP contribution in [0.15, 0.2) is 42.5 Å². The zero-order chi connectivity index (χ0) is 22.6. The van der Waals surface area contributed by atoms with Crippen molar-refractivity contribution < 1.29 is 22.7 Å². The van der Waals surface area contributed by atoms with E-state index in [0.29, 0.717) is 39.7 Å². The van der Waals surface area contributed by atoms with Crippen LogP contribution in [0, 0.1) is 5.92 Å². The van der Waals surface area contributed by atoms with Crippen LogP contribution in [0.4, 0.5) is 5.69 Å². The molecule has 0 atom stereocenters. The maximum Gasteiger partial charge on any atom is 0.337 e. The molecular weight excluding hydrogens is 463 g/mol. The lowest BCUT2D eigenvalue weighted by Crippen LogP contribution is -2.41. The molecule has 31 heavy (non-hydrogen) atoms. The minimum Gasteiger partial charge on any atom is -0.465 e. The monoisotopic (exact) mass is 484 g/mol. The summed E-state index contributed by atoms with van der Waals surface area (Å²) in [4.78, 5) is 24.0. The Morgan fingerprint density at radius 3 is 2.29 bits per heavy atom. The van der Waals surface area contributed by atoms with E-state index in [1.165, 1.54) is 11.4 Å². The van der Waals surface area contributed by atoms with Gasteiger partial charge >= 0.3 is 5.97 Å². The Hall–Kier alpha value is -2.13. The van der Waals surface area contributed by atoms with E-state index in [9.17, 15) is 18.0 Å². The largest absolute Gasteiger partial charge is 0.465 e. The fourth-order valence-corrected chi connectivity index (χ4v) is 5.25. The van der Waals surface area contributed by atoms with Crippen molar-refractivity contribution in [1.29, 1.82) is 0 Å². The highest BCUT2D eigenvalue weighted by molar-refractivity contribution is 7.88. The maximum absolute atomic E-state index is 12.7. The SMILES string of the molecule is COC(=O)c1ccc(NC(=O)C2CCN(S(=O)(=O)Cc3ccc(Cl)c(Cl)c3)CC2)cc1. The quantitative estimate of drug-likeness (QED) is 0.626. The van der Waals surface area contributed by atoms with Crippen LogP contribution in [0.2, 0.25) is 10.0 Å². The molecule has 10 heteroatoms. The Morgan fingerprint density at radius 1 is 1.06 bits per heavy atom. The molecule has 0 saturated carbocycles. The minimum absolute atomic E-state index is 0.173. The fraction of sp³-hybridized carbons (Fsp3) is 0.333. The van der Waals surface area contributed by atoms with Gasteiger partial charge in [-0.25, -0.2) is 17.5 Å². The van der Waals surface area contributed by atoms with E-state index in [4.69, 9.17) is 23.2 Å². The number of amides is 1. The zero-order valence-electron chi connectivity index (χ0n) is 16.8. The zero-order valence-corrected chi connectivity index (χ0v) is 19.1. The van der Waals surface area contributed by atoms with Gasteiger partial charge in [0, 0.05) is 24.7 Å². The summed E-state index contributed by atoms with van der Waals surface area (Å²) >= 11 is 11.9. The lowest BCUT2D eigenvalue weighted by Gasteiger charge is -2.30. The second kappa shape index (κ2) is 9.99. The number of piperidine rings is 1. The summed E-state index contributed by atoms with van der Waals surface area (Å²) < 4.78 is 31.5. The summed E-state index contributed by atoms with van der Waals surface area (Å²) in [6.45, 7) is 0.534. The van der Waals surface area contributed by atoms with E-state index in [2.05, 4.69) is 10.1 Å². The first-order chi connectivity index (χ1) is 14.7. The number of benzene rings is 2. The molecule has 2 aromatic carbocycles. The topological polar surface area (TPSA) is 92.8 Å². The molecule has 3 rings (SSSR count). The molecule has 0 spiro atoms. The van der Waals surface area contributed by atoms with E-state index >= 15 is 0 Å². The van der Waals surface area contributed by atoms with Crippen LogP contribution in [-0.4, -0.2) is 44.8 Å². The van der Waals surface area contributed by atoms with Gasteiger partial charge in [0.2, 0.25) is 15.9 Å². The average molecular weight is 485 g/mol. The van der Waals surface area contributed by atoms with E-state index < -0.39 is 16.0 Å². The first-order valence-electron chi connectivity index (χ1n) is 9.60. The van der Waals surface area contributed by atoms with Crippen molar-refractivity contribution in [1.82, 2.24) is 4.31 Å². The number of esters is 1. The molecule has 2 aromatic rings. The average Bonchev–Trinajstić information content (AvgIpc) is 2.76. The van der Waals surface area contributed by atoms with Gasteiger partial charge in [-0.3, -0.25) is 4.79 Å². The van der Waals surface area contributed by atoms with Crippen LogP contribution in [0.3, 0.4) is 0 Å². The van der Waals surface area contributed by atoms with Gasteiger partial charge in [-0.05, 0) is 54.8 Å². The van der Waals surface area contributed by atoms with Crippen LogP contribution >= 0.6 is 23.2 Å². The van der Waals surface area contributed by atoms with Crippen molar-refractivity contribution in [3.05, 3.63) is 63.6 Å². The summed E-state index contributed by atoms with van der Waals surface area (Å²) in [5, 5.41) is 3.49. The predicted molar refractivity (Wildman–Crippen MR) is 120 cm³/mol. The molecule has 166 valence electrons. The fourth-order valence-electron chi connectivity index (χ4n) is 3.38. The molecule has 0 aliphatic carbocycles. The Morgan fingerprint density at radius 2 is 1.71 bits per heavy atom. The summed E-state index contributed by atoms with van der Waals surface area (Å²) in [6.07, 6.45) is 0.847. The summed E-state index contributed by atoms with van der Waals surface area (Å²) in [5.74, 6) is -1.09. The number of sulfonamides is 1. The number of methoxy groups -OCH3 is 1. The van der Waals surface area contributed by atoms with Gasteiger partial charge in [0.15, 0.2) is 0 Å². The van der Waals surface area contributed by atoms with E-state index in [-0.39, 0.29) is 30.7 Å². The standard InChI is InChI=1S/C21H22Cl2N2O5S/c1-30-21(27)16-3-5-17(6-4-16)24-20(26)15-8-10-25(11-9-15)31(28,29)13-14-2-7-18(22)19(23)12-14/h2-7,12,15H,8-11,13H2,1H3,(H,24,26). The number of carbonyl (C=O) groups excluding carboxylic acids is 2. The van der Waals surface area contributed by atoms with Crippen molar-refractivity contribution in [2.45, 2.75) is 18.6 Å². The van der Waals surface area contributed by atoms with Gasteiger partial charge in [-0.15, -0.1) is 0 Å². The second-order valence-electron chi connectivity index (χ2n) is 7.24. The molecule has 0 unspecified atom stereocenters. The van der Waals surface area contributed by atoms with Gasteiger partial charge in [0.05, 0.1) is 28.5 Å². The maximum atomic E-state index is 12.7. The molecule has 1 heterocycles. The molecule has 1 aliphatic rings. The molecule has 0 aromatic heterocycles. The van der Waals surface area contributed by atoms with Crippen molar-refractivity contribution in [3.8, 4) is 0 Å². The van der Waals surface area contributed by atoms with E-state index in [1.807, 2.05) is 0 Å². The molecule has 1 N–H and O–H groups in total. The third-order valence-electron chi connectivity index (χ3n) is 5.12. The van der Waals surface area contributed by atoms with Crippen LogP contribution in [0.5, 0.6) is 0 Å². The number of carbonyl (C=O) groups is 2. The molecule has 0 radical (unpaired) electrons. The van der Waals surface area contributed by atoms with Crippen molar-refractivity contribution in [2.24, 2.45) is 5.92 Å². The van der Waals surface area contributed by atoms with Crippen molar-refractivity contribution in [3.63, 3.8) is 0 Å². The highest BCUT2D eigenvalue weighted by Gasteiger charge is 2.31. The highest BCUT2D eigenvalue weighted by Crippen LogP contribution is 2.26. The Balaban J connectivity index is 1.55. The number of hydrogen-bond acceptors (Lipinski definition) is 5. The number of anilines is 1. The molecular formula is C21H22Cl2N2O5S. The van der Waals surface area contributed by atoms with Crippen LogP contribution in [0.1, 0.15) is 28.8 Å². The summed E-state index contributed by atoms with van der Waals surface area (Å²) in [5.41, 5.74) is 1.51. The van der Waals surface area contributed by atoms with Crippen LogP contribution in [-0.2, 0) is 25.3 Å². The molecule has 1 fully saturated rings. The van der Waals surface area contributed by atoms with Gasteiger partial charge in [-0.1, -0.05) is 29.3 Å². The molecule has 7 nitrogen and oxygen atoms in total. The first kappa shape index (κ1) is 23.5. The van der Waals surface area contributed by atoms with Gasteiger partial charge in [0.1, 0.15) is 0 Å². The minimum atomic E-state index is -3.53. The number of hydrogen-bond donors (Lipinski definition) is 1. The lowest BCUT2D eigenvalue weighted by atomic mass is 9.97. The predicted octanol–water partition coefficient (Wildman–Crippen LogP) is 3.96. The third-order valence-corrected chi connectivity index (χ3v) is 7.71. The van der Waals surface area contributed by atoms with Gasteiger partial charge in [-0.2, -0.15) is 0 Å². The molecule has 1 aliphatic heterocycles. The normalized spacial score (nSPS) is 15.5. The van der Waals surface area contributed by atoms with Gasteiger partial charge < -0.3 is 10.1 Å². The molecule has 0 bridgehead atoms. The van der Waals surface area contributed by atoms with Gasteiger partial charge in [0.25, 0.3) is 0 Å². The van der Waals surface area contributed by atoms with Crippen LogP contribution in [0.25, 0.3) is 0 Å². The Bertz CT molecular complexity index is 1070. The number of halogens is 2.